The number of hydrogen-bond acceptors (Lipinski definition) is 3. The molecule has 0 bridgehead atoms. The highest BCUT2D eigenvalue weighted by atomic mass is 16.4. The lowest BCUT2D eigenvalue weighted by molar-refractivity contribution is 0.0692. The van der Waals surface area contributed by atoms with Crippen LogP contribution in [0, 0.1) is 0 Å². The third kappa shape index (κ3) is 2.54. The molecule has 0 aromatic heterocycles. The number of hydrogen-bond donors (Lipinski definition) is 1. The summed E-state index contributed by atoms with van der Waals surface area (Å²) in [6.07, 6.45) is 2.85. The monoisotopic (exact) mass is 335 g/mol. The van der Waals surface area contributed by atoms with E-state index in [1.807, 2.05) is 25.1 Å². The number of benzene rings is 2. The molecule has 1 N–H and O–H groups in total. The van der Waals surface area contributed by atoms with Crippen molar-refractivity contribution < 1.29 is 19.5 Å². The van der Waals surface area contributed by atoms with Gasteiger partial charge in [-0.25, -0.2) is 9.69 Å². The standard InChI is InChI=1S/C20H17NO4/c1-3-7-13-9-5-8-12(4-2)17(13)21-18(22)14-10-6-11-15(20(24)25)16(14)19(21)23/h3,5-6,8-11H,1,4,7H2,2H3,(H,24,25). The summed E-state index contributed by atoms with van der Waals surface area (Å²) in [5.41, 5.74) is 2.12. The zero-order chi connectivity index (χ0) is 18.1. The Labute approximate surface area is 145 Å². The van der Waals surface area contributed by atoms with Crippen molar-refractivity contribution in [2.75, 3.05) is 4.90 Å². The molecular weight excluding hydrogens is 318 g/mol. The van der Waals surface area contributed by atoms with Gasteiger partial charge in [-0.2, -0.15) is 0 Å². The van der Waals surface area contributed by atoms with Crippen molar-refractivity contribution in [3.63, 3.8) is 0 Å². The Bertz CT molecular complexity index is 914. The van der Waals surface area contributed by atoms with Crippen LogP contribution in [0.25, 0.3) is 0 Å². The summed E-state index contributed by atoms with van der Waals surface area (Å²) in [5.74, 6) is -2.31. The van der Waals surface area contributed by atoms with E-state index in [0.717, 1.165) is 16.0 Å². The summed E-state index contributed by atoms with van der Waals surface area (Å²) in [7, 11) is 0. The number of nitrogens with zero attached hydrogens (tertiary/aromatic N) is 1. The molecular formula is C20H17NO4. The Balaban J connectivity index is 2.23. The minimum absolute atomic E-state index is 0.0459. The van der Waals surface area contributed by atoms with E-state index in [-0.39, 0.29) is 16.7 Å². The van der Waals surface area contributed by atoms with Gasteiger partial charge in [0.2, 0.25) is 0 Å². The molecule has 25 heavy (non-hydrogen) atoms. The number of aryl methyl sites for hydroxylation is 1. The molecule has 0 radical (unpaired) electrons. The molecule has 5 nitrogen and oxygen atoms in total. The second kappa shape index (κ2) is 6.36. The van der Waals surface area contributed by atoms with Crippen LogP contribution in [0.3, 0.4) is 0 Å². The first-order valence-corrected chi connectivity index (χ1v) is 7.98. The summed E-state index contributed by atoms with van der Waals surface area (Å²) >= 11 is 0. The lowest BCUT2D eigenvalue weighted by atomic mass is 10.0. The van der Waals surface area contributed by atoms with Crippen molar-refractivity contribution >= 4 is 23.5 Å². The van der Waals surface area contributed by atoms with Crippen LogP contribution in [0.5, 0.6) is 0 Å². The minimum atomic E-state index is -1.23. The van der Waals surface area contributed by atoms with Crippen molar-refractivity contribution in [2.24, 2.45) is 0 Å². The summed E-state index contributed by atoms with van der Waals surface area (Å²) in [6.45, 7) is 5.67. The van der Waals surface area contributed by atoms with Crippen molar-refractivity contribution in [1.29, 1.82) is 0 Å². The van der Waals surface area contributed by atoms with Crippen molar-refractivity contribution in [3.8, 4) is 0 Å². The molecule has 3 rings (SSSR count). The molecule has 1 aliphatic heterocycles. The van der Waals surface area contributed by atoms with Crippen molar-refractivity contribution in [1.82, 2.24) is 0 Å². The van der Waals surface area contributed by atoms with Gasteiger partial charge in [-0.1, -0.05) is 37.3 Å². The first-order valence-electron chi connectivity index (χ1n) is 7.98. The summed E-state index contributed by atoms with van der Waals surface area (Å²) in [4.78, 5) is 38.4. The number of fused-ring (bicyclic) bond motifs is 1. The van der Waals surface area contributed by atoms with E-state index in [9.17, 15) is 19.5 Å². The van der Waals surface area contributed by atoms with E-state index in [0.29, 0.717) is 18.5 Å². The highest BCUT2D eigenvalue weighted by Gasteiger charge is 2.41. The Morgan fingerprint density at radius 2 is 1.80 bits per heavy atom. The Kier molecular flexibility index (Phi) is 4.23. The Hall–Kier alpha value is -3.21. The predicted molar refractivity (Wildman–Crippen MR) is 94.3 cm³/mol. The molecule has 2 amide bonds. The van der Waals surface area contributed by atoms with Gasteiger partial charge in [0.25, 0.3) is 11.8 Å². The van der Waals surface area contributed by atoms with Crippen LogP contribution in [0.2, 0.25) is 0 Å². The number of carboxylic acid groups (broad SMARTS) is 1. The van der Waals surface area contributed by atoms with E-state index >= 15 is 0 Å². The average molecular weight is 335 g/mol. The fraction of sp³-hybridized carbons (Fsp3) is 0.150. The van der Waals surface area contributed by atoms with Gasteiger partial charge in [0.05, 0.1) is 22.4 Å². The van der Waals surface area contributed by atoms with Crippen molar-refractivity contribution in [2.45, 2.75) is 19.8 Å². The number of aromatic carboxylic acids is 1. The minimum Gasteiger partial charge on any atom is -0.478 e. The fourth-order valence-electron chi connectivity index (χ4n) is 3.20. The number of allylic oxidation sites excluding steroid dienone is 1. The molecule has 126 valence electrons. The molecule has 0 saturated carbocycles. The molecule has 2 aromatic rings. The zero-order valence-corrected chi connectivity index (χ0v) is 13.8. The van der Waals surface area contributed by atoms with E-state index in [4.69, 9.17) is 0 Å². The SMILES string of the molecule is C=CCc1cccc(CC)c1N1C(=O)c2cccc(C(=O)O)c2C1=O. The van der Waals surface area contributed by atoms with Crippen molar-refractivity contribution in [3.05, 3.63) is 76.9 Å². The van der Waals surface area contributed by atoms with Crippen LogP contribution < -0.4 is 4.90 Å². The molecule has 0 aliphatic carbocycles. The van der Waals surface area contributed by atoms with Gasteiger partial charge in [-0.05, 0) is 36.1 Å². The summed E-state index contributed by atoms with van der Waals surface area (Å²) < 4.78 is 0. The van der Waals surface area contributed by atoms with Gasteiger partial charge in [0.1, 0.15) is 0 Å². The third-order valence-corrected chi connectivity index (χ3v) is 4.32. The largest absolute Gasteiger partial charge is 0.478 e. The van der Waals surface area contributed by atoms with Crippen LogP contribution in [-0.2, 0) is 12.8 Å². The van der Waals surface area contributed by atoms with E-state index < -0.39 is 17.8 Å². The van der Waals surface area contributed by atoms with E-state index in [2.05, 4.69) is 6.58 Å². The normalized spacial score (nSPS) is 13.1. The highest BCUT2D eigenvalue weighted by molar-refractivity contribution is 6.36. The summed E-state index contributed by atoms with van der Waals surface area (Å²) in [6, 6.07) is 9.90. The second-order valence-corrected chi connectivity index (χ2v) is 5.75. The van der Waals surface area contributed by atoms with Gasteiger partial charge >= 0.3 is 5.97 Å². The number of rotatable bonds is 5. The molecule has 1 heterocycles. The first kappa shape index (κ1) is 16.6. The number of carbonyl (C=O) groups is 3. The number of carbonyl (C=O) groups excluding carboxylic acids is 2. The maximum absolute atomic E-state index is 13.0. The average Bonchev–Trinajstić information content (AvgIpc) is 2.86. The van der Waals surface area contributed by atoms with Crippen LogP contribution in [0.15, 0.2) is 49.1 Å². The first-order chi connectivity index (χ1) is 12.0. The molecule has 1 aliphatic rings. The van der Waals surface area contributed by atoms with Gasteiger partial charge in [-0.15, -0.1) is 6.58 Å². The predicted octanol–water partition coefficient (Wildman–Crippen LogP) is 3.48. The lowest BCUT2D eigenvalue weighted by Gasteiger charge is -2.21. The maximum Gasteiger partial charge on any atom is 0.336 e. The highest BCUT2D eigenvalue weighted by Crippen LogP contribution is 2.35. The number of para-hydroxylation sites is 1. The zero-order valence-electron chi connectivity index (χ0n) is 13.8. The molecule has 0 atom stereocenters. The van der Waals surface area contributed by atoms with Crippen LogP contribution in [0.1, 0.15) is 49.1 Å². The quantitative estimate of drug-likeness (QED) is 0.670. The van der Waals surface area contributed by atoms with Crippen LogP contribution in [0.4, 0.5) is 5.69 Å². The second-order valence-electron chi connectivity index (χ2n) is 5.75. The molecule has 0 saturated heterocycles. The lowest BCUT2D eigenvalue weighted by Crippen LogP contribution is -2.31. The van der Waals surface area contributed by atoms with Gasteiger partial charge in [0, 0.05) is 0 Å². The van der Waals surface area contributed by atoms with Gasteiger partial charge < -0.3 is 5.11 Å². The third-order valence-electron chi connectivity index (χ3n) is 4.32. The Morgan fingerprint density at radius 1 is 1.12 bits per heavy atom. The number of imide groups is 1. The molecule has 0 spiro atoms. The molecule has 5 heteroatoms. The van der Waals surface area contributed by atoms with Gasteiger partial charge in [0.15, 0.2) is 0 Å². The molecule has 0 fully saturated rings. The summed E-state index contributed by atoms with van der Waals surface area (Å²) in [5, 5.41) is 9.35. The number of amides is 2. The number of carboxylic acids is 1. The topological polar surface area (TPSA) is 74.7 Å². The Morgan fingerprint density at radius 3 is 2.44 bits per heavy atom. The molecule has 2 aromatic carbocycles. The fourth-order valence-corrected chi connectivity index (χ4v) is 3.20. The van der Waals surface area contributed by atoms with Gasteiger partial charge in [-0.3, -0.25) is 9.59 Å². The van der Waals surface area contributed by atoms with E-state index in [1.54, 1.807) is 6.08 Å². The molecule has 0 unspecified atom stereocenters. The van der Waals surface area contributed by atoms with Crippen LogP contribution in [-0.4, -0.2) is 22.9 Å². The van der Waals surface area contributed by atoms with Crippen LogP contribution >= 0.6 is 0 Å². The smallest absolute Gasteiger partial charge is 0.336 e. The number of anilines is 1. The maximum atomic E-state index is 13.0. The van der Waals surface area contributed by atoms with E-state index in [1.165, 1.54) is 18.2 Å².